The van der Waals surface area contributed by atoms with Crippen molar-refractivity contribution in [2.45, 2.75) is 32.4 Å². The highest BCUT2D eigenvalue weighted by atomic mass is 16.6. The fourth-order valence-corrected chi connectivity index (χ4v) is 2.28. The van der Waals surface area contributed by atoms with Crippen molar-refractivity contribution < 1.29 is 14.2 Å². The molecule has 1 aliphatic heterocycles. The minimum absolute atomic E-state index is 0.161. The smallest absolute Gasteiger partial charge is 0.390 e. The summed E-state index contributed by atoms with van der Waals surface area (Å²) in [6.07, 6.45) is 5.11. The summed E-state index contributed by atoms with van der Waals surface area (Å²) in [5.74, 6) is -0.413. The van der Waals surface area contributed by atoms with E-state index in [2.05, 4.69) is 5.10 Å². The van der Waals surface area contributed by atoms with Gasteiger partial charge in [0.05, 0.1) is 18.6 Å². The Kier molecular flexibility index (Phi) is 2.76. The molecule has 0 spiro atoms. The van der Waals surface area contributed by atoms with Crippen LogP contribution in [0, 0.1) is 0 Å². The summed E-state index contributed by atoms with van der Waals surface area (Å²) in [4.78, 5) is 24.1. The molecule has 2 aromatic heterocycles. The summed E-state index contributed by atoms with van der Waals surface area (Å²) in [6.45, 7) is 5.40. The third-order valence-electron chi connectivity index (χ3n) is 3.12. The molecule has 110 valence electrons. The first-order valence-electron chi connectivity index (χ1n) is 6.67. The van der Waals surface area contributed by atoms with Gasteiger partial charge in [0.15, 0.2) is 0 Å². The van der Waals surface area contributed by atoms with Crippen molar-refractivity contribution in [3.63, 3.8) is 0 Å². The molecule has 3 rings (SSSR count). The van der Waals surface area contributed by atoms with Crippen LogP contribution in [0.4, 0.5) is 0 Å². The number of hydrogen-bond acceptors (Lipinski definition) is 4. The van der Waals surface area contributed by atoms with Crippen LogP contribution in [0.2, 0.25) is 0 Å². The van der Waals surface area contributed by atoms with Crippen LogP contribution >= 0.6 is 0 Å². The minimum Gasteiger partial charge on any atom is -0.455 e. The largest absolute Gasteiger partial charge is 0.455 e. The van der Waals surface area contributed by atoms with E-state index < -0.39 is 17.6 Å². The molecule has 0 aliphatic carbocycles. The van der Waals surface area contributed by atoms with Gasteiger partial charge in [-0.2, -0.15) is 5.10 Å². The standard InChI is InChI=1S/C14H17N4O3/c1-14(2,3)21-13(20)12-11-10(19)5-6-17(18(11)12)9-7-15-16(4)8-9/h5-8,12H,1-4H3/q+1. The van der Waals surface area contributed by atoms with Crippen molar-refractivity contribution in [2.75, 3.05) is 0 Å². The Morgan fingerprint density at radius 3 is 2.71 bits per heavy atom. The lowest BCUT2D eigenvalue weighted by molar-refractivity contribution is -0.668. The van der Waals surface area contributed by atoms with Crippen LogP contribution in [-0.2, 0) is 16.6 Å². The maximum Gasteiger partial charge on any atom is 0.390 e. The molecule has 0 bridgehead atoms. The number of aromatic nitrogens is 4. The first-order chi connectivity index (χ1) is 9.78. The van der Waals surface area contributed by atoms with Gasteiger partial charge in [0.2, 0.25) is 0 Å². The summed E-state index contributed by atoms with van der Waals surface area (Å²) < 4.78 is 10.4. The fraction of sp³-hybridized carbons (Fsp3) is 0.429. The summed E-state index contributed by atoms with van der Waals surface area (Å²) in [7, 11) is 1.81. The number of ether oxygens (including phenoxy) is 1. The summed E-state index contributed by atoms with van der Waals surface area (Å²) >= 11 is 0. The van der Waals surface area contributed by atoms with E-state index in [0.717, 1.165) is 5.69 Å². The number of rotatable bonds is 2. The normalized spacial score (nSPS) is 16.5. The molecular weight excluding hydrogens is 272 g/mol. The first kappa shape index (κ1) is 13.5. The van der Waals surface area contributed by atoms with Crippen LogP contribution in [0.5, 0.6) is 0 Å². The molecule has 0 saturated heterocycles. The molecule has 1 unspecified atom stereocenters. The maximum absolute atomic E-state index is 12.2. The van der Waals surface area contributed by atoms with Crippen LogP contribution in [0.15, 0.2) is 29.5 Å². The van der Waals surface area contributed by atoms with E-state index >= 15 is 0 Å². The van der Waals surface area contributed by atoms with E-state index in [1.165, 1.54) is 6.07 Å². The van der Waals surface area contributed by atoms with Gasteiger partial charge in [0.1, 0.15) is 11.3 Å². The number of aryl methyl sites for hydroxylation is 1. The molecule has 7 heteroatoms. The Morgan fingerprint density at radius 2 is 2.14 bits per heavy atom. The third kappa shape index (κ3) is 2.35. The second kappa shape index (κ2) is 4.28. The number of hydrogen-bond donors (Lipinski definition) is 0. The van der Waals surface area contributed by atoms with Crippen molar-refractivity contribution >= 4 is 5.97 Å². The van der Waals surface area contributed by atoms with Crippen molar-refractivity contribution in [1.82, 2.24) is 14.5 Å². The SMILES string of the molecule is Cn1cc(-n2ccc(=O)c3[n+]2C3C(=O)OC(C)(C)C)cn1. The number of carbonyl (C=O) groups is 1. The van der Waals surface area contributed by atoms with Gasteiger partial charge in [-0.3, -0.25) is 9.48 Å². The van der Waals surface area contributed by atoms with E-state index in [-0.39, 0.29) is 5.43 Å². The zero-order valence-electron chi connectivity index (χ0n) is 12.4. The van der Waals surface area contributed by atoms with Gasteiger partial charge in [-0.05, 0) is 20.8 Å². The second-order valence-corrected chi connectivity index (χ2v) is 6.06. The van der Waals surface area contributed by atoms with Gasteiger partial charge < -0.3 is 4.74 Å². The molecule has 1 atom stereocenters. The average Bonchev–Trinajstić information content (AvgIpc) is 2.97. The van der Waals surface area contributed by atoms with Crippen molar-refractivity contribution in [2.24, 2.45) is 7.05 Å². The van der Waals surface area contributed by atoms with E-state index in [1.807, 2.05) is 6.20 Å². The van der Waals surface area contributed by atoms with E-state index in [1.54, 1.807) is 54.3 Å². The number of carbonyl (C=O) groups excluding carboxylic acids is 1. The highest BCUT2D eigenvalue weighted by Crippen LogP contribution is 2.24. The molecule has 7 nitrogen and oxygen atoms in total. The summed E-state index contributed by atoms with van der Waals surface area (Å²) in [5.41, 5.74) is 0.478. The summed E-state index contributed by atoms with van der Waals surface area (Å²) in [5, 5.41) is 4.10. The molecule has 0 radical (unpaired) electrons. The molecule has 1 aliphatic rings. The van der Waals surface area contributed by atoms with Crippen LogP contribution < -0.4 is 10.1 Å². The van der Waals surface area contributed by atoms with Gasteiger partial charge in [0, 0.05) is 13.1 Å². The van der Waals surface area contributed by atoms with Crippen molar-refractivity contribution in [1.29, 1.82) is 0 Å². The van der Waals surface area contributed by atoms with Crippen molar-refractivity contribution in [3.05, 3.63) is 40.6 Å². The molecule has 0 saturated carbocycles. The Bertz CT molecular complexity index is 782. The van der Waals surface area contributed by atoms with Crippen LogP contribution in [0.3, 0.4) is 0 Å². The van der Waals surface area contributed by atoms with Crippen LogP contribution in [0.25, 0.3) is 5.69 Å². The molecule has 2 aromatic rings. The molecule has 3 heterocycles. The lowest BCUT2D eigenvalue weighted by Crippen LogP contribution is -2.35. The van der Waals surface area contributed by atoms with Crippen LogP contribution in [0.1, 0.15) is 32.5 Å². The Hall–Kier alpha value is -2.44. The maximum atomic E-state index is 12.2. The third-order valence-corrected chi connectivity index (χ3v) is 3.12. The topological polar surface area (TPSA) is 70.0 Å². The van der Waals surface area contributed by atoms with Gasteiger partial charge in [-0.1, -0.05) is 4.68 Å². The van der Waals surface area contributed by atoms with Crippen molar-refractivity contribution in [3.8, 4) is 5.69 Å². The lowest BCUT2D eigenvalue weighted by atomic mass is 10.2. The average molecular weight is 289 g/mol. The minimum atomic E-state index is -0.646. The van der Waals surface area contributed by atoms with E-state index in [9.17, 15) is 9.59 Å². The summed E-state index contributed by atoms with van der Waals surface area (Å²) in [6, 6.07) is 0.801. The number of fused-ring (bicyclic) bond motifs is 1. The molecule has 21 heavy (non-hydrogen) atoms. The number of nitrogens with zero attached hydrogens (tertiary/aromatic N) is 4. The second-order valence-electron chi connectivity index (χ2n) is 6.06. The highest BCUT2D eigenvalue weighted by Gasteiger charge is 2.60. The number of esters is 1. The van der Waals surface area contributed by atoms with Gasteiger partial charge in [-0.15, -0.1) is 4.68 Å². The zero-order valence-corrected chi connectivity index (χ0v) is 12.4. The molecular formula is C14H17N4O3+. The van der Waals surface area contributed by atoms with Gasteiger partial charge in [-0.25, -0.2) is 4.79 Å². The van der Waals surface area contributed by atoms with Crippen LogP contribution in [-0.4, -0.2) is 26.0 Å². The predicted octanol–water partition coefficient (Wildman–Crippen LogP) is 0.103. The highest BCUT2D eigenvalue weighted by molar-refractivity contribution is 5.77. The van der Waals surface area contributed by atoms with Gasteiger partial charge >= 0.3 is 17.7 Å². The molecule has 0 N–H and O–H groups in total. The predicted molar refractivity (Wildman–Crippen MR) is 73.0 cm³/mol. The fourth-order valence-electron chi connectivity index (χ4n) is 2.28. The van der Waals surface area contributed by atoms with E-state index in [4.69, 9.17) is 4.74 Å². The Morgan fingerprint density at radius 1 is 1.43 bits per heavy atom. The lowest BCUT2D eigenvalue weighted by Gasteiger charge is -2.17. The Balaban J connectivity index is 1.98. The Labute approximate surface area is 121 Å². The van der Waals surface area contributed by atoms with Gasteiger partial charge in [0.25, 0.3) is 5.43 Å². The molecule has 0 amide bonds. The first-order valence-corrected chi connectivity index (χ1v) is 6.67. The van der Waals surface area contributed by atoms with E-state index in [0.29, 0.717) is 5.69 Å². The quantitative estimate of drug-likeness (QED) is 0.581. The molecule has 0 fully saturated rings. The molecule has 0 aromatic carbocycles. The monoisotopic (exact) mass is 289 g/mol. The zero-order chi connectivity index (χ0) is 15.4.